The highest BCUT2D eigenvalue weighted by molar-refractivity contribution is 5.87. The van der Waals surface area contributed by atoms with Crippen LogP contribution in [0.25, 0.3) is 11.0 Å². The molecule has 2 heterocycles. The Balaban J connectivity index is 2.01. The maximum Gasteiger partial charge on any atom is 0.319 e. The van der Waals surface area contributed by atoms with Crippen molar-refractivity contribution >= 4 is 17.0 Å². The van der Waals surface area contributed by atoms with E-state index in [-0.39, 0.29) is 5.97 Å². The topological polar surface area (TPSA) is 67.9 Å². The zero-order valence-corrected chi connectivity index (χ0v) is 9.56. The number of imidazole rings is 1. The normalized spacial score (nSPS) is 17.0. The molecule has 5 nitrogen and oxygen atoms in total. The Morgan fingerprint density at radius 2 is 2.41 bits per heavy atom. The summed E-state index contributed by atoms with van der Waals surface area (Å²) in [7, 11) is 0. The summed E-state index contributed by atoms with van der Waals surface area (Å²) in [6.07, 6.45) is 5.02. The van der Waals surface area contributed by atoms with Crippen LogP contribution in [0.4, 0.5) is 0 Å². The Morgan fingerprint density at radius 3 is 3.06 bits per heavy atom. The van der Waals surface area contributed by atoms with E-state index in [9.17, 15) is 4.79 Å². The Hall–Kier alpha value is -1.91. The van der Waals surface area contributed by atoms with Crippen LogP contribution in [-0.4, -0.2) is 27.5 Å². The van der Waals surface area contributed by atoms with Gasteiger partial charge < -0.3 is 9.72 Å². The molecule has 1 fully saturated rings. The van der Waals surface area contributed by atoms with Gasteiger partial charge in [-0.3, -0.25) is 9.78 Å². The van der Waals surface area contributed by atoms with E-state index in [1.54, 1.807) is 12.4 Å². The Labute approximate surface area is 98.2 Å². The molecule has 2 aromatic rings. The van der Waals surface area contributed by atoms with Crippen molar-refractivity contribution < 1.29 is 9.53 Å². The van der Waals surface area contributed by atoms with Gasteiger partial charge in [-0.2, -0.15) is 0 Å². The molecule has 1 aliphatic rings. The Bertz CT molecular complexity index is 539. The Kier molecular flexibility index (Phi) is 2.14. The van der Waals surface area contributed by atoms with E-state index in [2.05, 4.69) is 15.0 Å². The van der Waals surface area contributed by atoms with Crippen LogP contribution in [0.5, 0.6) is 0 Å². The van der Waals surface area contributed by atoms with Crippen LogP contribution in [-0.2, 0) is 14.9 Å². The van der Waals surface area contributed by atoms with Crippen LogP contribution in [0, 0.1) is 0 Å². The molecule has 0 amide bonds. The molecular weight excluding hydrogens is 218 g/mol. The number of aromatic nitrogens is 3. The molecule has 0 aromatic carbocycles. The van der Waals surface area contributed by atoms with Gasteiger partial charge in [-0.15, -0.1) is 0 Å². The van der Waals surface area contributed by atoms with Gasteiger partial charge in [0.15, 0.2) is 0 Å². The summed E-state index contributed by atoms with van der Waals surface area (Å²) in [5.41, 5.74) is 1.17. The van der Waals surface area contributed by atoms with Crippen LogP contribution in [0.15, 0.2) is 18.5 Å². The number of hydrogen-bond donors (Lipinski definition) is 1. The number of fused-ring (bicyclic) bond motifs is 1. The van der Waals surface area contributed by atoms with E-state index >= 15 is 0 Å². The third-order valence-corrected chi connectivity index (χ3v) is 3.15. The molecule has 0 spiro atoms. The zero-order valence-electron chi connectivity index (χ0n) is 9.56. The zero-order chi connectivity index (χ0) is 11.9. The summed E-state index contributed by atoms with van der Waals surface area (Å²) < 4.78 is 5.11. The summed E-state index contributed by atoms with van der Waals surface area (Å²) in [6, 6.07) is 1.83. The molecule has 2 aromatic heterocycles. The highest BCUT2D eigenvalue weighted by Gasteiger charge is 2.55. The van der Waals surface area contributed by atoms with Gasteiger partial charge in [0, 0.05) is 6.20 Å². The van der Waals surface area contributed by atoms with Crippen LogP contribution in [0.1, 0.15) is 25.6 Å². The fourth-order valence-electron chi connectivity index (χ4n) is 2.02. The summed E-state index contributed by atoms with van der Waals surface area (Å²) >= 11 is 0. The van der Waals surface area contributed by atoms with Crippen LogP contribution in [0.2, 0.25) is 0 Å². The molecule has 3 rings (SSSR count). The predicted octanol–water partition coefficient (Wildman–Crippen LogP) is 1.55. The number of pyridine rings is 1. The average molecular weight is 231 g/mol. The number of nitrogens with one attached hydrogen (secondary N) is 1. The van der Waals surface area contributed by atoms with Crippen molar-refractivity contribution in [3.8, 4) is 0 Å². The molecule has 0 radical (unpaired) electrons. The number of aromatic amines is 1. The SMILES string of the molecule is CCOC(=O)C1(c2nc3ccncc3[nH]2)CC1. The number of H-pyrrole nitrogens is 1. The first-order valence-corrected chi connectivity index (χ1v) is 5.74. The van der Waals surface area contributed by atoms with Gasteiger partial charge in [0.05, 0.1) is 23.8 Å². The largest absolute Gasteiger partial charge is 0.465 e. The molecular formula is C12H13N3O2. The Morgan fingerprint density at radius 1 is 1.59 bits per heavy atom. The summed E-state index contributed by atoms with van der Waals surface area (Å²) in [4.78, 5) is 23.5. The lowest BCUT2D eigenvalue weighted by atomic mass is 10.1. The summed E-state index contributed by atoms with van der Waals surface area (Å²) in [6.45, 7) is 2.22. The van der Waals surface area contributed by atoms with Crippen molar-refractivity contribution in [1.82, 2.24) is 15.0 Å². The van der Waals surface area contributed by atoms with Gasteiger partial charge in [-0.05, 0) is 25.8 Å². The van der Waals surface area contributed by atoms with Crippen molar-refractivity contribution in [3.63, 3.8) is 0 Å². The summed E-state index contributed by atoms with van der Waals surface area (Å²) in [5, 5.41) is 0. The van der Waals surface area contributed by atoms with Crippen molar-refractivity contribution in [2.45, 2.75) is 25.2 Å². The maximum atomic E-state index is 11.9. The van der Waals surface area contributed by atoms with Gasteiger partial charge in [-0.1, -0.05) is 0 Å². The van der Waals surface area contributed by atoms with Gasteiger partial charge in [0.1, 0.15) is 11.2 Å². The van der Waals surface area contributed by atoms with Gasteiger partial charge >= 0.3 is 5.97 Å². The molecule has 1 saturated carbocycles. The standard InChI is InChI=1S/C12H13N3O2/c1-2-17-11(16)12(4-5-12)10-14-8-3-6-13-7-9(8)15-10/h3,6-7H,2,4-5H2,1H3,(H,14,15). The highest BCUT2D eigenvalue weighted by Crippen LogP contribution is 2.48. The summed E-state index contributed by atoms with van der Waals surface area (Å²) in [5.74, 6) is 0.533. The van der Waals surface area contributed by atoms with Gasteiger partial charge in [-0.25, -0.2) is 4.98 Å². The second-order valence-corrected chi connectivity index (χ2v) is 4.28. The number of carbonyl (C=O) groups excluding carboxylic acids is 1. The molecule has 0 bridgehead atoms. The maximum absolute atomic E-state index is 11.9. The van der Waals surface area contributed by atoms with E-state index in [1.165, 1.54) is 0 Å². The molecule has 1 N–H and O–H groups in total. The second kappa shape index (κ2) is 3.55. The molecule has 5 heteroatoms. The third kappa shape index (κ3) is 1.50. The first kappa shape index (κ1) is 10.3. The van der Waals surface area contributed by atoms with Crippen molar-refractivity contribution in [3.05, 3.63) is 24.3 Å². The minimum atomic E-state index is -0.533. The van der Waals surface area contributed by atoms with E-state index in [4.69, 9.17) is 4.74 Å². The van der Waals surface area contributed by atoms with Crippen LogP contribution in [0.3, 0.4) is 0 Å². The molecule has 0 saturated heterocycles. The van der Waals surface area contributed by atoms with Crippen LogP contribution >= 0.6 is 0 Å². The first-order valence-electron chi connectivity index (χ1n) is 5.74. The minimum absolute atomic E-state index is 0.174. The van der Waals surface area contributed by atoms with E-state index in [1.807, 2.05) is 13.0 Å². The lowest BCUT2D eigenvalue weighted by Crippen LogP contribution is -2.24. The number of hydrogen-bond acceptors (Lipinski definition) is 4. The molecule has 0 aliphatic heterocycles. The molecule has 1 aliphatic carbocycles. The van der Waals surface area contributed by atoms with Gasteiger partial charge in [0.2, 0.25) is 0 Å². The number of carbonyl (C=O) groups is 1. The quantitative estimate of drug-likeness (QED) is 0.814. The molecule has 0 atom stereocenters. The molecule has 88 valence electrons. The fourth-order valence-corrected chi connectivity index (χ4v) is 2.02. The minimum Gasteiger partial charge on any atom is -0.465 e. The third-order valence-electron chi connectivity index (χ3n) is 3.15. The second-order valence-electron chi connectivity index (χ2n) is 4.28. The highest BCUT2D eigenvalue weighted by atomic mass is 16.5. The lowest BCUT2D eigenvalue weighted by molar-refractivity contribution is -0.146. The van der Waals surface area contributed by atoms with Crippen molar-refractivity contribution in [2.75, 3.05) is 6.61 Å². The van der Waals surface area contributed by atoms with Crippen molar-refractivity contribution in [1.29, 1.82) is 0 Å². The lowest BCUT2D eigenvalue weighted by Gasteiger charge is -2.10. The van der Waals surface area contributed by atoms with Crippen molar-refractivity contribution in [2.24, 2.45) is 0 Å². The van der Waals surface area contributed by atoms with Crippen LogP contribution < -0.4 is 0 Å². The first-order chi connectivity index (χ1) is 8.26. The number of esters is 1. The number of rotatable bonds is 3. The average Bonchev–Trinajstić information content (AvgIpc) is 3.03. The monoisotopic (exact) mass is 231 g/mol. The van der Waals surface area contributed by atoms with Gasteiger partial charge in [0.25, 0.3) is 0 Å². The molecule has 17 heavy (non-hydrogen) atoms. The predicted molar refractivity (Wildman–Crippen MR) is 61.4 cm³/mol. The smallest absolute Gasteiger partial charge is 0.319 e. The fraction of sp³-hybridized carbons (Fsp3) is 0.417. The van der Waals surface area contributed by atoms with E-state index in [0.29, 0.717) is 12.4 Å². The van der Waals surface area contributed by atoms with E-state index < -0.39 is 5.41 Å². The number of ether oxygens (including phenoxy) is 1. The van der Waals surface area contributed by atoms with E-state index in [0.717, 1.165) is 23.9 Å². The molecule has 0 unspecified atom stereocenters. The number of nitrogens with zero attached hydrogens (tertiary/aromatic N) is 2.